The fourth-order valence-electron chi connectivity index (χ4n) is 3.11. The molecule has 0 saturated heterocycles. The van der Waals surface area contributed by atoms with E-state index < -0.39 is 11.7 Å². The topological polar surface area (TPSA) is 57.9 Å². The largest absolute Gasteiger partial charge is 0.417 e. The Labute approximate surface area is 170 Å². The van der Waals surface area contributed by atoms with Gasteiger partial charge in [0.15, 0.2) is 12.6 Å². The minimum atomic E-state index is -4.72. The number of rotatable bonds is 5. The Morgan fingerprint density at radius 3 is 2.00 bits per heavy atom. The second-order valence-electron chi connectivity index (χ2n) is 6.38. The number of halogens is 3. The maximum Gasteiger partial charge on any atom is 0.417 e. The van der Waals surface area contributed by atoms with Crippen LogP contribution in [-0.2, 0) is 6.18 Å². The van der Waals surface area contributed by atoms with E-state index >= 15 is 0 Å². The minimum Gasteiger partial charge on any atom is -0.298 e. The van der Waals surface area contributed by atoms with E-state index in [0.29, 0.717) is 29.0 Å². The zero-order chi connectivity index (χ0) is 21.7. The highest BCUT2D eigenvalue weighted by Gasteiger charge is 2.33. The fraction of sp³-hybridized carbons (Fsp3) is 0.0417. The highest BCUT2D eigenvalue weighted by molar-refractivity contribution is 5.92. The van der Waals surface area contributed by atoms with E-state index in [2.05, 4.69) is 6.07 Å². The van der Waals surface area contributed by atoms with E-state index in [-0.39, 0.29) is 23.0 Å². The fourth-order valence-corrected chi connectivity index (χ4v) is 3.11. The van der Waals surface area contributed by atoms with Gasteiger partial charge in [0.25, 0.3) is 0 Å². The lowest BCUT2D eigenvalue weighted by atomic mass is 9.94. The van der Waals surface area contributed by atoms with E-state index in [1.165, 1.54) is 12.2 Å². The van der Waals surface area contributed by atoms with Gasteiger partial charge in [-0.15, -0.1) is 0 Å². The van der Waals surface area contributed by atoms with Gasteiger partial charge in [0.1, 0.15) is 6.07 Å². The molecule has 3 nitrogen and oxygen atoms in total. The Hall–Kier alpha value is -3.98. The summed E-state index contributed by atoms with van der Waals surface area (Å²) < 4.78 is 40.4. The van der Waals surface area contributed by atoms with Crippen molar-refractivity contribution in [2.45, 2.75) is 6.18 Å². The molecule has 0 N–H and O–H groups in total. The first kappa shape index (κ1) is 20.7. The van der Waals surface area contributed by atoms with Crippen molar-refractivity contribution in [1.82, 2.24) is 0 Å². The smallest absolute Gasteiger partial charge is 0.298 e. The van der Waals surface area contributed by atoms with Crippen LogP contribution in [0.15, 0.2) is 60.7 Å². The van der Waals surface area contributed by atoms with Crippen LogP contribution in [0.5, 0.6) is 0 Å². The minimum absolute atomic E-state index is 0.142. The van der Waals surface area contributed by atoms with Gasteiger partial charge in [0.2, 0.25) is 0 Å². The van der Waals surface area contributed by atoms with Crippen LogP contribution in [0.4, 0.5) is 13.2 Å². The zero-order valence-electron chi connectivity index (χ0n) is 15.5. The van der Waals surface area contributed by atoms with E-state index in [0.717, 1.165) is 11.6 Å². The number of nitriles is 1. The van der Waals surface area contributed by atoms with Crippen molar-refractivity contribution in [3.05, 3.63) is 94.0 Å². The van der Waals surface area contributed by atoms with Crippen molar-refractivity contribution in [2.75, 3.05) is 0 Å². The van der Waals surface area contributed by atoms with Crippen molar-refractivity contribution in [1.29, 1.82) is 5.26 Å². The normalized spacial score (nSPS) is 11.3. The number of carbonyl (C=O) groups is 2. The molecule has 0 radical (unpaired) electrons. The van der Waals surface area contributed by atoms with Gasteiger partial charge in [-0.25, -0.2) is 0 Å². The molecule has 3 aromatic carbocycles. The SMILES string of the molecule is N#Cc1c(/C=C/c2cc(C=O)c(C=O)cc2C(F)(F)F)cccc1-c1ccccc1. The lowest BCUT2D eigenvalue weighted by Gasteiger charge is -2.13. The molecule has 3 aromatic rings. The molecule has 148 valence electrons. The first-order valence-corrected chi connectivity index (χ1v) is 8.81. The van der Waals surface area contributed by atoms with Gasteiger partial charge in [-0.05, 0) is 28.8 Å². The molecular weight excluding hydrogens is 391 g/mol. The highest BCUT2D eigenvalue weighted by atomic mass is 19.4. The van der Waals surface area contributed by atoms with Crippen LogP contribution in [0.1, 0.15) is 43.0 Å². The molecule has 0 aliphatic heterocycles. The van der Waals surface area contributed by atoms with E-state index in [4.69, 9.17) is 0 Å². The second kappa shape index (κ2) is 8.58. The summed E-state index contributed by atoms with van der Waals surface area (Å²) in [6.45, 7) is 0. The molecule has 0 heterocycles. The standard InChI is InChI=1S/C24H14F3NO2/c25-24(26,27)23-12-20(15-30)19(14-29)11-18(23)10-9-17-7-4-8-21(22(17)13-28)16-5-2-1-3-6-16/h1-12,14-15H/b10-9+. The number of carbonyl (C=O) groups excluding carboxylic acids is 2. The van der Waals surface area contributed by atoms with Crippen LogP contribution in [0.3, 0.4) is 0 Å². The molecule has 0 aromatic heterocycles. The monoisotopic (exact) mass is 405 g/mol. The quantitative estimate of drug-likeness (QED) is 0.384. The maximum atomic E-state index is 13.5. The van der Waals surface area contributed by atoms with Crippen molar-refractivity contribution >= 4 is 24.7 Å². The molecule has 0 aliphatic rings. The second-order valence-corrected chi connectivity index (χ2v) is 6.38. The van der Waals surface area contributed by atoms with Crippen molar-refractivity contribution in [3.8, 4) is 17.2 Å². The Bertz CT molecular complexity index is 1170. The van der Waals surface area contributed by atoms with Gasteiger partial charge >= 0.3 is 6.18 Å². The molecule has 6 heteroatoms. The Kier molecular flexibility index (Phi) is 5.93. The van der Waals surface area contributed by atoms with E-state index in [1.807, 2.05) is 30.3 Å². The summed E-state index contributed by atoms with van der Waals surface area (Å²) in [6, 6.07) is 18.0. The predicted molar refractivity (Wildman–Crippen MR) is 108 cm³/mol. The van der Waals surface area contributed by atoms with Gasteiger partial charge in [0.05, 0.1) is 11.1 Å². The van der Waals surface area contributed by atoms with Crippen LogP contribution in [0.2, 0.25) is 0 Å². The maximum absolute atomic E-state index is 13.5. The number of nitrogens with zero attached hydrogens (tertiary/aromatic N) is 1. The third kappa shape index (κ3) is 4.20. The van der Waals surface area contributed by atoms with Gasteiger partial charge in [-0.1, -0.05) is 60.7 Å². The summed E-state index contributed by atoms with van der Waals surface area (Å²) in [6.07, 6.45) is -1.59. The Morgan fingerprint density at radius 2 is 1.40 bits per heavy atom. The number of hydrogen-bond acceptors (Lipinski definition) is 3. The Morgan fingerprint density at radius 1 is 0.767 bits per heavy atom. The molecule has 3 rings (SSSR count). The number of aldehydes is 2. The Balaban J connectivity index is 2.14. The average Bonchev–Trinajstić information content (AvgIpc) is 2.76. The summed E-state index contributed by atoms with van der Waals surface area (Å²) >= 11 is 0. The van der Waals surface area contributed by atoms with Crippen LogP contribution >= 0.6 is 0 Å². The zero-order valence-corrected chi connectivity index (χ0v) is 15.5. The van der Waals surface area contributed by atoms with Gasteiger partial charge in [0, 0.05) is 16.7 Å². The summed E-state index contributed by atoms with van der Waals surface area (Å²) in [4.78, 5) is 22.2. The van der Waals surface area contributed by atoms with E-state index in [1.54, 1.807) is 18.2 Å². The van der Waals surface area contributed by atoms with Gasteiger partial charge < -0.3 is 0 Å². The summed E-state index contributed by atoms with van der Waals surface area (Å²) in [5.74, 6) is 0. The molecule has 0 spiro atoms. The van der Waals surface area contributed by atoms with E-state index in [9.17, 15) is 28.0 Å². The molecule has 0 fully saturated rings. The third-order valence-electron chi connectivity index (χ3n) is 4.55. The molecule has 0 atom stereocenters. The lowest BCUT2D eigenvalue weighted by Crippen LogP contribution is -2.09. The molecule has 0 unspecified atom stereocenters. The first-order chi connectivity index (χ1) is 14.4. The third-order valence-corrected chi connectivity index (χ3v) is 4.55. The van der Waals surface area contributed by atoms with Crippen LogP contribution < -0.4 is 0 Å². The van der Waals surface area contributed by atoms with Crippen molar-refractivity contribution < 1.29 is 22.8 Å². The summed E-state index contributed by atoms with van der Waals surface area (Å²) in [5.41, 5.74) is 0.413. The summed E-state index contributed by atoms with van der Waals surface area (Å²) in [5, 5.41) is 9.64. The molecule has 0 amide bonds. The predicted octanol–water partition coefficient (Wildman–Crippen LogP) is 6.04. The summed E-state index contributed by atoms with van der Waals surface area (Å²) in [7, 11) is 0. The van der Waals surface area contributed by atoms with Crippen LogP contribution in [0.25, 0.3) is 23.3 Å². The number of benzene rings is 3. The molecule has 0 aliphatic carbocycles. The average molecular weight is 405 g/mol. The number of hydrogen-bond donors (Lipinski definition) is 0. The van der Waals surface area contributed by atoms with Gasteiger partial charge in [-0.3, -0.25) is 9.59 Å². The number of alkyl halides is 3. The first-order valence-electron chi connectivity index (χ1n) is 8.81. The van der Waals surface area contributed by atoms with Crippen LogP contribution in [-0.4, -0.2) is 12.6 Å². The van der Waals surface area contributed by atoms with Crippen LogP contribution in [0, 0.1) is 11.3 Å². The molecule has 30 heavy (non-hydrogen) atoms. The van der Waals surface area contributed by atoms with Gasteiger partial charge in [-0.2, -0.15) is 18.4 Å². The van der Waals surface area contributed by atoms with Crippen molar-refractivity contribution in [3.63, 3.8) is 0 Å². The van der Waals surface area contributed by atoms with Crippen molar-refractivity contribution in [2.24, 2.45) is 0 Å². The highest BCUT2D eigenvalue weighted by Crippen LogP contribution is 2.35. The lowest BCUT2D eigenvalue weighted by molar-refractivity contribution is -0.137. The molecule has 0 saturated carbocycles. The molecule has 0 bridgehead atoms. The molecular formula is C24H14F3NO2.